The van der Waals surface area contributed by atoms with Gasteiger partial charge < -0.3 is 25.4 Å². The first-order chi connectivity index (χ1) is 16.9. The molecule has 6 rings (SSSR count). The molecule has 35 heavy (non-hydrogen) atoms. The molecule has 1 fully saturated rings. The highest BCUT2D eigenvalue weighted by atomic mass is 19.2. The zero-order valence-electron chi connectivity index (χ0n) is 17.9. The average Bonchev–Trinajstić information content (AvgIpc) is 3.33. The Morgan fingerprint density at radius 1 is 1.11 bits per heavy atom. The van der Waals surface area contributed by atoms with Gasteiger partial charge in [-0.25, -0.2) is 22.9 Å². The number of rotatable bonds is 4. The van der Waals surface area contributed by atoms with Crippen LogP contribution in [0.1, 0.15) is 23.5 Å². The molecule has 2 aromatic carbocycles. The minimum Gasteiger partial charge on any atom is -0.487 e. The molecule has 0 unspecified atom stereocenters. The van der Waals surface area contributed by atoms with Crippen LogP contribution < -0.4 is 25.4 Å². The Morgan fingerprint density at radius 2 is 1.91 bits per heavy atom. The number of fused-ring (bicyclic) bond motifs is 4. The molecule has 0 radical (unpaired) electrons. The molecule has 3 N–H and O–H groups in total. The fourth-order valence-corrected chi connectivity index (χ4v) is 4.50. The largest absolute Gasteiger partial charge is 0.487 e. The predicted molar refractivity (Wildman–Crippen MR) is 117 cm³/mol. The summed E-state index contributed by atoms with van der Waals surface area (Å²) in [6.07, 6.45) is 2.15. The van der Waals surface area contributed by atoms with Crippen molar-refractivity contribution < 1.29 is 32.2 Å². The number of ether oxygens (including phenoxy) is 2. The van der Waals surface area contributed by atoms with Gasteiger partial charge in [0.2, 0.25) is 5.91 Å². The summed E-state index contributed by atoms with van der Waals surface area (Å²) in [6, 6.07) is 7.47. The molecule has 1 saturated carbocycles. The first-order valence-corrected chi connectivity index (χ1v) is 10.9. The Balaban J connectivity index is 1.14. The molecule has 11 heteroatoms. The van der Waals surface area contributed by atoms with Crippen molar-refractivity contribution in [1.29, 1.82) is 0 Å². The first-order valence-electron chi connectivity index (χ1n) is 10.9. The summed E-state index contributed by atoms with van der Waals surface area (Å²) < 4.78 is 51.8. The molecular formula is C24H17F3N4O4. The van der Waals surface area contributed by atoms with Crippen molar-refractivity contribution in [3.8, 4) is 17.2 Å². The number of pyridine rings is 1. The third kappa shape index (κ3) is 3.78. The minimum absolute atomic E-state index is 0.0890. The summed E-state index contributed by atoms with van der Waals surface area (Å²) in [5.74, 6) is -2.29. The van der Waals surface area contributed by atoms with Crippen LogP contribution in [-0.4, -0.2) is 29.1 Å². The van der Waals surface area contributed by atoms with Crippen LogP contribution >= 0.6 is 0 Å². The maximum Gasteiger partial charge on any atom is 0.319 e. The van der Waals surface area contributed by atoms with E-state index in [2.05, 4.69) is 20.9 Å². The van der Waals surface area contributed by atoms with Gasteiger partial charge in [0.1, 0.15) is 29.2 Å². The van der Waals surface area contributed by atoms with Gasteiger partial charge in [-0.15, -0.1) is 0 Å². The molecule has 178 valence electrons. The normalized spacial score (nSPS) is 21.1. The number of aromatic nitrogens is 1. The Kier molecular flexibility index (Phi) is 4.80. The lowest BCUT2D eigenvalue weighted by Gasteiger charge is -2.19. The summed E-state index contributed by atoms with van der Waals surface area (Å²) in [7, 11) is 0. The summed E-state index contributed by atoms with van der Waals surface area (Å²) in [6.45, 7) is 0. The van der Waals surface area contributed by atoms with Gasteiger partial charge in [0, 0.05) is 41.6 Å². The van der Waals surface area contributed by atoms with Crippen molar-refractivity contribution in [2.24, 2.45) is 0 Å². The van der Waals surface area contributed by atoms with Gasteiger partial charge in [-0.2, -0.15) is 0 Å². The molecule has 3 atom stereocenters. The minimum atomic E-state index is -1.60. The van der Waals surface area contributed by atoms with Gasteiger partial charge >= 0.3 is 6.03 Å². The van der Waals surface area contributed by atoms with Crippen LogP contribution in [0.4, 0.5) is 29.5 Å². The quantitative estimate of drug-likeness (QED) is 0.484. The molecule has 1 aromatic heterocycles. The third-order valence-electron chi connectivity index (χ3n) is 6.20. The maximum absolute atomic E-state index is 13.4. The van der Waals surface area contributed by atoms with E-state index in [1.165, 1.54) is 0 Å². The monoisotopic (exact) mass is 482 g/mol. The van der Waals surface area contributed by atoms with E-state index in [9.17, 15) is 22.8 Å². The van der Waals surface area contributed by atoms with Crippen molar-refractivity contribution >= 4 is 23.4 Å². The Labute approximate surface area is 196 Å². The molecular weight excluding hydrogens is 465 g/mol. The van der Waals surface area contributed by atoms with Gasteiger partial charge in [-0.1, -0.05) is 0 Å². The molecule has 3 aromatic rings. The molecule has 0 saturated heterocycles. The zero-order chi connectivity index (χ0) is 24.3. The highest BCUT2D eigenvalue weighted by Gasteiger charge is 2.59. The third-order valence-corrected chi connectivity index (χ3v) is 6.20. The van der Waals surface area contributed by atoms with Crippen LogP contribution in [0, 0.1) is 17.5 Å². The zero-order valence-corrected chi connectivity index (χ0v) is 17.9. The Bertz CT molecular complexity index is 1380. The van der Waals surface area contributed by atoms with Crippen molar-refractivity contribution in [2.75, 3.05) is 10.6 Å². The number of benzene rings is 2. The fraction of sp³-hybridized carbons (Fsp3) is 0.208. The van der Waals surface area contributed by atoms with Crippen LogP contribution in [0.15, 0.2) is 42.6 Å². The molecule has 3 heterocycles. The number of nitrogens with zero attached hydrogens (tertiary/aromatic N) is 1. The molecule has 8 nitrogen and oxygen atoms in total. The Hall–Kier alpha value is -4.28. The number of carbonyl (C=O) groups excluding carboxylic acids is 2. The van der Waals surface area contributed by atoms with Crippen LogP contribution in [0.2, 0.25) is 0 Å². The Morgan fingerprint density at radius 3 is 2.71 bits per heavy atom. The lowest BCUT2D eigenvalue weighted by Crippen LogP contribution is -2.34. The number of halogens is 3. The average molecular weight is 482 g/mol. The lowest BCUT2D eigenvalue weighted by atomic mass is 10.1. The summed E-state index contributed by atoms with van der Waals surface area (Å²) >= 11 is 0. The summed E-state index contributed by atoms with van der Waals surface area (Å²) in [5.41, 5.74) is 1.46. The van der Waals surface area contributed by atoms with Crippen LogP contribution in [0.25, 0.3) is 0 Å². The SMILES string of the molecule is O=C1CCc2c(Oc3ccc4c(c3)[C@H]3[C@H](NC(=O)Nc5cc(F)c(F)c(F)c5)[C@H]3O4)ccnc2N1. The van der Waals surface area contributed by atoms with E-state index in [0.29, 0.717) is 48.0 Å². The van der Waals surface area contributed by atoms with Crippen LogP contribution in [-0.2, 0) is 11.2 Å². The number of hydrogen-bond acceptors (Lipinski definition) is 5. The second-order valence-corrected chi connectivity index (χ2v) is 8.47. The van der Waals surface area contributed by atoms with Gasteiger partial charge in [0.05, 0.1) is 12.0 Å². The van der Waals surface area contributed by atoms with Crippen molar-refractivity contribution in [1.82, 2.24) is 10.3 Å². The second-order valence-electron chi connectivity index (χ2n) is 8.47. The van der Waals surface area contributed by atoms with Crippen LogP contribution in [0.5, 0.6) is 17.2 Å². The van der Waals surface area contributed by atoms with E-state index in [-0.39, 0.29) is 29.7 Å². The van der Waals surface area contributed by atoms with E-state index < -0.39 is 23.5 Å². The maximum atomic E-state index is 13.4. The van der Waals surface area contributed by atoms with Gasteiger partial charge in [-0.05, 0) is 30.7 Å². The highest BCUT2D eigenvalue weighted by Crippen LogP contribution is 2.54. The fourth-order valence-electron chi connectivity index (χ4n) is 4.50. The van der Waals surface area contributed by atoms with Crippen molar-refractivity contribution in [3.63, 3.8) is 0 Å². The van der Waals surface area contributed by atoms with Crippen molar-refractivity contribution in [3.05, 3.63) is 71.2 Å². The smallest absolute Gasteiger partial charge is 0.319 e. The summed E-state index contributed by atoms with van der Waals surface area (Å²) in [4.78, 5) is 28.1. The van der Waals surface area contributed by atoms with E-state index in [1.54, 1.807) is 24.4 Å². The molecule has 3 aliphatic rings. The van der Waals surface area contributed by atoms with E-state index in [1.807, 2.05) is 6.07 Å². The van der Waals surface area contributed by atoms with Gasteiger partial charge in [0.25, 0.3) is 0 Å². The highest BCUT2D eigenvalue weighted by molar-refractivity contribution is 5.93. The standard InChI is InChI=1S/C24H17F3N4O4/c25-14-7-10(8-15(26)20(14)27)29-24(33)31-21-19-13-9-11(1-3-16(13)35-22(19)21)34-17-5-6-28-23-12(17)2-4-18(32)30-23/h1,3,5-9,19,21-22H,2,4H2,(H,28,30,32)(H2,29,31,33)/t19-,21-,22-/m0/s1. The molecule has 1 aliphatic carbocycles. The number of carbonyl (C=O) groups is 2. The predicted octanol–water partition coefficient (Wildman–Crippen LogP) is 4.22. The van der Waals surface area contributed by atoms with Gasteiger partial charge in [-0.3, -0.25) is 4.79 Å². The number of urea groups is 1. The van der Waals surface area contributed by atoms with E-state index in [0.717, 1.165) is 11.1 Å². The topological polar surface area (TPSA) is 102 Å². The van der Waals surface area contributed by atoms with Crippen LogP contribution in [0.3, 0.4) is 0 Å². The molecule has 2 aliphatic heterocycles. The molecule has 3 amide bonds. The van der Waals surface area contributed by atoms with E-state index in [4.69, 9.17) is 9.47 Å². The lowest BCUT2D eigenvalue weighted by molar-refractivity contribution is -0.116. The first kappa shape index (κ1) is 21.3. The number of nitrogens with one attached hydrogen (secondary N) is 3. The molecule has 0 spiro atoms. The number of hydrogen-bond donors (Lipinski definition) is 3. The van der Waals surface area contributed by atoms with Crippen molar-refractivity contribution in [2.45, 2.75) is 30.9 Å². The number of anilines is 2. The van der Waals surface area contributed by atoms with E-state index >= 15 is 0 Å². The summed E-state index contributed by atoms with van der Waals surface area (Å²) in [5, 5.41) is 7.74. The second kappa shape index (κ2) is 7.90. The van der Waals surface area contributed by atoms with Gasteiger partial charge in [0.15, 0.2) is 17.5 Å². The number of amides is 3. The molecule has 0 bridgehead atoms.